The fourth-order valence-electron chi connectivity index (χ4n) is 4.95. The van der Waals surface area contributed by atoms with E-state index in [1.165, 1.54) is 24.1 Å². The van der Waals surface area contributed by atoms with E-state index in [1.807, 2.05) is 48.5 Å². The molecule has 0 radical (unpaired) electrons. The average molecular weight is 533 g/mol. The zero-order valence-corrected chi connectivity index (χ0v) is 22.7. The predicted octanol–water partition coefficient (Wildman–Crippen LogP) is 6.54. The molecule has 1 saturated carbocycles. The van der Waals surface area contributed by atoms with Crippen molar-refractivity contribution < 1.29 is 14.0 Å². The van der Waals surface area contributed by atoms with Gasteiger partial charge in [0, 0.05) is 36.9 Å². The first-order chi connectivity index (χ1) is 18.6. The Bertz CT molecular complexity index is 1140. The van der Waals surface area contributed by atoms with Gasteiger partial charge in [-0.3, -0.25) is 9.59 Å². The highest BCUT2D eigenvalue weighted by Gasteiger charge is 2.31. The molecule has 3 aromatic carbocycles. The maximum absolute atomic E-state index is 13.8. The molecule has 1 aliphatic rings. The molecule has 6 heteroatoms. The van der Waals surface area contributed by atoms with E-state index in [4.69, 9.17) is 0 Å². The third-order valence-electron chi connectivity index (χ3n) is 7.06. The van der Waals surface area contributed by atoms with Crippen LogP contribution in [0.15, 0.2) is 84.9 Å². The summed E-state index contributed by atoms with van der Waals surface area (Å²) in [4.78, 5) is 29.2. The Hall–Kier alpha value is -3.12. The highest BCUT2D eigenvalue weighted by atomic mass is 32.2. The average Bonchev–Trinajstić information content (AvgIpc) is 2.95. The fourth-order valence-corrected chi connectivity index (χ4v) is 5.84. The van der Waals surface area contributed by atoms with Crippen LogP contribution in [0.2, 0.25) is 0 Å². The number of benzene rings is 3. The molecule has 1 fully saturated rings. The van der Waals surface area contributed by atoms with Crippen LogP contribution in [0.25, 0.3) is 0 Å². The minimum atomic E-state index is -0.643. The molecular formula is C32H37FN2O2S. The lowest BCUT2D eigenvalue weighted by molar-refractivity contribution is -0.141. The Labute approximate surface area is 230 Å². The van der Waals surface area contributed by atoms with Crippen molar-refractivity contribution in [1.29, 1.82) is 0 Å². The largest absolute Gasteiger partial charge is 0.352 e. The van der Waals surface area contributed by atoms with Crippen LogP contribution in [0.5, 0.6) is 0 Å². The third-order valence-corrected chi connectivity index (χ3v) is 8.09. The first kappa shape index (κ1) is 27.9. The van der Waals surface area contributed by atoms with Crippen LogP contribution >= 0.6 is 11.8 Å². The quantitative estimate of drug-likeness (QED) is 0.270. The summed E-state index contributed by atoms with van der Waals surface area (Å²) in [5.74, 6) is 1.01. The van der Waals surface area contributed by atoms with Crippen LogP contribution in [0.4, 0.5) is 4.39 Å². The van der Waals surface area contributed by atoms with Gasteiger partial charge in [-0.25, -0.2) is 4.39 Å². The van der Waals surface area contributed by atoms with Crippen LogP contribution in [0, 0.1) is 5.82 Å². The van der Waals surface area contributed by atoms with Crippen LogP contribution in [0.3, 0.4) is 0 Å². The fraction of sp³-hybridized carbons (Fsp3) is 0.375. The van der Waals surface area contributed by atoms with E-state index in [-0.39, 0.29) is 30.2 Å². The van der Waals surface area contributed by atoms with Gasteiger partial charge in [0.25, 0.3) is 0 Å². The van der Waals surface area contributed by atoms with Crippen molar-refractivity contribution in [2.45, 2.75) is 69.3 Å². The number of nitrogens with one attached hydrogen (secondary N) is 1. The summed E-state index contributed by atoms with van der Waals surface area (Å²) in [6.45, 7) is 0.262. The van der Waals surface area contributed by atoms with Crippen molar-refractivity contribution >= 4 is 23.6 Å². The van der Waals surface area contributed by atoms with E-state index in [9.17, 15) is 14.0 Å². The summed E-state index contributed by atoms with van der Waals surface area (Å²) in [6, 6.07) is 25.8. The van der Waals surface area contributed by atoms with Crippen LogP contribution in [-0.4, -0.2) is 34.6 Å². The molecule has 0 bridgehead atoms. The number of carbonyl (C=O) groups is 2. The Morgan fingerprint density at radius 3 is 2.13 bits per heavy atom. The molecule has 4 nitrogen and oxygen atoms in total. The molecule has 4 rings (SSSR count). The number of halogens is 1. The van der Waals surface area contributed by atoms with E-state index < -0.39 is 6.04 Å². The van der Waals surface area contributed by atoms with Gasteiger partial charge in [0.1, 0.15) is 11.9 Å². The van der Waals surface area contributed by atoms with E-state index in [1.54, 1.807) is 28.8 Å². The summed E-state index contributed by atoms with van der Waals surface area (Å²) >= 11 is 1.72. The molecule has 0 spiro atoms. The minimum absolute atomic E-state index is 0.0605. The standard InChI is InChI=1S/C32H37FN2O2S/c33-28-18-16-26(17-19-28)23-35(31(36)20-21-38-24-27-12-6-2-7-13-27)30(22-25-10-4-1-5-11-25)32(37)34-29-14-8-3-9-15-29/h1-2,4-7,10-13,16-19,29-30H,3,8-9,14-15,20-24H2,(H,34,37)/t30-/m1/s1. The van der Waals surface area contributed by atoms with E-state index >= 15 is 0 Å². The summed E-state index contributed by atoms with van der Waals surface area (Å²) in [7, 11) is 0. The van der Waals surface area contributed by atoms with Crippen molar-refractivity contribution in [1.82, 2.24) is 10.2 Å². The second-order valence-corrected chi connectivity index (χ2v) is 11.1. The van der Waals surface area contributed by atoms with Gasteiger partial charge in [0.05, 0.1) is 0 Å². The molecule has 0 saturated heterocycles. The lowest BCUT2D eigenvalue weighted by atomic mass is 9.94. The number of amides is 2. The molecule has 1 N–H and O–H groups in total. The zero-order chi connectivity index (χ0) is 26.6. The van der Waals surface area contributed by atoms with Crippen molar-refractivity contribution in [3.05, 3.63) is 107 Å². The van der Waals surface area contributed by atoms with Gasteiger partial charge in [0.15, 0.2) is 0 Å². The Balaban J connectivity index is 1.52. The van der Waals surface area contributed by atoms with Gasteiger partial charge in [-0.05, 0) is 41.7 Å². The summed E-state index contributed by atoms with van der Waals surface area (Å²) in [5.41, 5.74) is 3.04. The van der Waals surface area contributed by atoms with Gasteiger partial charge in [-0.2, -0.15) is 11.8 Å². The first-order valence-electron chi connectivity index (χ1n) is 13.6. The number of rotatable bonds is 12. The van der Waals surface area contributed by atoms with Gasteiger partial charge in [0.2, 0.25) is 11.8 Å². The molecule has 0 aromatic heterocycles. The maximum Gasteiger partial charge on any atom is 0.243 e. The van der Waals surface area contributed by atoms with Crippen molar-refractivity contribution in [3.8, 4) is 0 Å². The molecule has 38 heavy (non-hydrogen) atoms. The summed E-state index contributed by atoms with van der Waals surface area (Å²) < 4.78 is 13.6. The number of thioether (sulfide) groups is 1. The highest BCUT2D eigenvalue weighted by Crippen LogP contribution is 2.21. The molecule has 0 aliphatic heterocycles. The highest BCUT2D eigenvalue weighted by molar-refractivity contribution is 7.98. The smallest absolute Gasteiger partial charge is 0.243 e. The molecule has 200 valence electrons. The summed E-state index contributed by atoms with van der Waals surface area (Å²) in [5, 5.41) is 3.26. The number of carbonyl (C=O) groups excluding carboxylic acids is 2. The maximum atomic E-state index is 13.8. The van der Waals surface area contributed by atoms with Crippen molar-refractivity contribution in [2.75, 3.05) is 5.75 Å². The van der Waals surface area contributed by atoms with E-state index in [2.05, 4.69) is 17.4 Å². The first-order valence-corrected chi connectivity index (χ1v) is 14.7. The third kappa shape index (κ3) is 8.73. The van der Waals surface area contributed by atoms with Crippen molar-refractivity contribution in [3.63, 3.8) is 0 Å². The van der Waals surface area contributed by atoms with Crippen LogP contribution in [-0.2, 0) is 28.3 Å². The van der Waals surface area contributed by atoms with Gasteiger partial charge >= 0.3 is 0 Å². The second kappa shape index (κ2) is 14.7. The van der Waals surface area contributed by atoms with Gasteiger partial charge in [-0.1, -0.05) is 92.1 Å². The Kier molecular flexibility index (Phi) is 10.8. The Morgan fingerprint density at radius 1 is 0.842 bits per heavy atom. The number of hydrogen-bond acceptors (Lipinski definition) is 3. The number of nitrogens with zero attached hydrogens (tertiary/aromatic N) is 1. The minimum Gasteiger partial charge on any atom is -0.352 e. The monoisotopic (exact) mass is 532 g/mol. The lowest BCUT2D eigenvalue weighted by Crippen LogP contribution is -2.52. The zero-order valence-electron chi connectivity index (χ0n) is 21.9. The molecule has 1 atom stereocenters. The summed E-state index contributed by atoms with van der Waals surface area (Å²) in [6.07, 6.45) is 6.16. The topological polar surface area (TPSA) is 49.4 Å². The van der Waals surface area contributed by atoms with E-state index in [0.717, 1.165) is 42.6 Å². The normalized spacial score (nSPS) is 14.6. The van der Waals surface area contributed by atoms with E-state index in [0.29, 0.717) is 18.6 Å². The van der Waals surface area contributed by atoms with Gasteiger partial charge in [-0.15, -0.1) is 0 Å². The van der Waals surface area contributed by atoms with Crippen molar-refractivity contribution in [2.24, 2.45) is 0 Å². The molecule has 0 unspecified atom stereocenters. The molecule has 1 aliphatic carbocycles. The number of hydrogen-bond donors (Lipinski definition) is 1. The Morgan fingerprint density at radius 2 is 1.47 bits per heavy atom. The molecule has 3 aromatic rings. The molecular weight excluding hydrogens is 495 g/mol. The van der Waals surface area contributed by atoms with Crippen LogP contribution < -0.4 is 5.32 Å². The predicted molar refractivity (Wildman–Crippen MR) is 153 cm³/mol. The SMILES string of the molecule is O=C(NC1CCCCC1)[C@@H](Cc1ccccc1)N(Cc1ccc(F)cc1)C(=O)CCSCc1ccccc1. The molecule has 0 heterocycles. The van der Waals surface area contributed by atoms with Gasteiger partial charge < -0.3 is 10.2 Å². The lowest BCUT2D eigenvalue weighted by Gasteiger charge is -2.33. The second-order valence-electron chi connectivity index (χ2n) is 9.99. The van der Waals surface area contributed by atoms with Crippen LogP contribution in [0.1, 0.15) is 55.2 Å². The molecule has 2 amide bonds.